The molecule has 3 aromatic carbocycles. The second kappa shape index (κ2) is 12.0. The number of aromatic nitrogens is 3. The van der Waals surface area contributed by atoms with Crippen molar-refractivity contribution in [3.05, 3.63) is 90.3 Å². The number of amides is 2. The Hall–Kier alpha value is -4.45. The average molecular weight is 580 g/mol. The number of aliphatic imine (C=N–C) groups is 1. The Morgan fingerprint density at radius 2 is 1.78 bits per heavy atom. The molecule has 0 unspecified atom stereocenters. The van der Waals surface area contributed by atoms with Crippen LogP contribution in [-0.4, -0.2) is 43.9 Å². The fourth-order valence-corrected chi connectivity index (χ4v) is 5.14. The Balaban J connectivity index is 1.20. The number of hydrogen-bond acceptors (Lipinski definition) is 6. The lowest BCUT2D eigenvalue weighted by Gasteiger charge is -2.19. The lowest BCUT2D eigenvalue weighted by Crippen LogP contribution is -2.30. The zero-order valence-electron chi connectivity index (χ0n) is 21.8. The van der Waals surface area contributed by atoms with Gasteiger partial charge in [0.15, 0.2) is 11.0 Å². The summed E-state index contributed by atoms with van der Waals surface area (Å²) < 4.78 is 42.5. The minimum Gasteiger partial charge on any atom is -0.406 e. The molecule has 0 atom stereocenters. The molecule has 0 aliphatic carbocycles. The molecular weight excluding hydrogens is 555 g/mol. The van der Waals surface area contributed by atoms with Gasteiger partial charge in [-0.2, -0.15) is 4.99 Å². The average Bonchev–Trinajstić information content (AvgIpc) is 3.59. The van der Waals surface area contributed by atoms with Crippen LogP contribution in [0.25, 0.3) is 17.1 Å². The smallest absolute Gasteiger partial charge is 0.406 e. The maximum Gasteiger partial charge on any atom is 0.573 e. The van der Waals surface area contributed by atoms with E-state index in [1.54, 1.807) is 0 Å². The molecular formula is C29H24F3N5O3S. The number of halogens is 3. The molecule has 12 heteroatoms. The van der Waals surface area contributed by atoms with Crippen LogP contribution < -0.4 is 9.64 Å². The summed E-state index contributed by atoms with van der Waals surface area (Å²) in [5, 5.41) is 4.81. The second-order valence-electron chi connectivity index (χ2n) is 9.04. The van der Waals surface area contributed by atoms with E-state index in [-0.39, 0.29) is 29.7 Å². The van der Waals surface area contributed by atoms with Gasteiger partial charge in [0.05, 0.1) is 17.1 Å². The fourth-order valence-electron chi connectivity index (χ4n) is 4.26. The molecule has 4 aromatic rings. The van der Waals surface area contributed by atoms with Crippen LogP contribution in [0.2, 0.25) is 0 Å². The van der Waals surface area contributed by atoms with Crippen LogP contribution in [0.5, 0.6) is 5.75 Å². The van der Waals surface area contributed by atoms with Crippen molar-refractivity contribution in [3.8, 4) is 22.8 Å². The molecule has 5 rings (SSSR count). The van der Waals surface area contributed by atoms with E-state index in [4.69, 9.17) is 0 Å². The third-order valence-corrected chi connectivity index (χ3v) is 7.19. The van der Waals surface area contributed by atoms with E-state index in [9.17, 15) is 22.8 Å². The predicted octanol–water partition coefficient (Wildman–Crippen LogP) is 5.99. The van der Waals surface area contributed by atoms with Gasteiger partial charge in [0.25, 0.3) is 0 Å². The van der Waals surface area contributed by atoms with Crippen molar-refractivity contribution in [1.82, 2.24) is 14.8 Å². The molecule has 1 aliphatic heterocycles. The van der Waals surface area contributed by atoms with Gasteiger partial charge < -0.3 is 4.74 Å². The van der Waals surface area contributed by atoms with Gasteiger partial charge in [0, 0.05) is 12.0 Å². The number of carbonyl (C=O) groups is 2. The highest BCUT2D eigenvalue weighted by atomic mass is 32.2. The number of anilines is 1. The monoisotopic (exact) mass is 579 g/mol. The number of para-hydroxylation sites is 1. The van der Waals surface area contributed by atoms with Crippen LogP contribution in [0.3, 0.4) is 0 Å². The van der Waals surface area contributed by atoms with Gasteiger partial charge in [-0.25, -0.2) is 9.67 Å². The molecule has 0 saturated carbocycles. The molecule has 1 saturated heterocycles. The Morgan fingerprint density at radius 1 is 1.05 bits per heavy atom. The second-order valence-corrected chi connectivity index (χ2v) is 9.98. The van der Waals surface area contributed by atoms with Crippen LogP contribution in [0.4, 0.5) is 18.9 Å². The van der Waals surface area contributed by atoms with Crippen LogP contribution >= 0.6 is 11.8 Å². The predicted molar refractivity (Wildman–Crippen MR) is 150 cm³/mol. The first-order chi connectivity index (χ1) is 19.7. The SMILES string of the molecule is CCc1ccccc1N1C(=O)CSC1=NC(=O)CCc1ccc(-c2ncn(-c3ccc(OC(F)(F)F)cc3)n2)cc1. The summed E-state index contributed by atoms with van der Waals surface area (Å²) in [4.78, 5) is 35.3. The molecule has 2 heterocycles. The fraction of sp³-hybridized carbons (Fsp3) is 0.207. The van der Waals surface area contributed by atoms with Crippen molar-refractivity contribution in [2.75, 3.05) is 10.7 Å². The highest BCUT2D eigenvalue weighted by Gasteiger charge is 2.32. The number of hydrogen-bond donors (Lipinski definition) is 0. The van der Waals surface area contributed by atoms with E-state index < -0.39 is 6.36 Å². The van der Waals surface area contributed by atoms with Gasteiger partial charge in [0.1, 0.15) is 12.1 Å². The Morgan fingerprint density at radius 3 is 2.49 bits per heavy atom. The maximum absolute atomic E-state index is 12.7. The molecule has 2 amide bonds. The molecule has 0 radical (unpaired) electrons. The maximum atomic E-state index is 12.7. The molecule has 0 N–H and O–H groups in total. The van der Waals surface area contributed by atoms with Crippen molar-refractivity contribution < 1.29 is 27.5 Å². The number of thioether (sulfide) groups is 1. The number of alkyl halides is 3. The van der Waals surface area contributed by atoms with E-state index >= 15 is 0 Å². The van der Waals surface area contributed by atoms with E-state index in [0.29, 0.717) is 23.1 Å². The first kappa shape index (κ1) is 28.1. The van der Waals surface area contributed by atoms with E-state index in [1.807, 2.05) is 55.5 Å². The molecule has 8 nitrogen and oxygen atoms in total. The summed E-state index contributed by atoms with van der Waals surface area (Å²) in [6.07, 6.45) is -1.89. The van der Waals surface area contributed by atoms with Gasteiger partial charge in [-0.15, -0.1) is 18.3 Å². The molecule has 41 heavy (non-hydrogen) atoms. The minimum absolute atomic E-state index is 0.0958. The minimum atomic E-state index is -4.76. The summed E-state index contributed by atoms with van der Waals surface area (Å²) in [6, 6.07) is 20.3. The third-order valence-electron chi connectivity index (χ3n) is 6.27. The number of nitrogens with zero attached hydrogens (tertiary/aromatic N) is 5. The zero-order valence-corrected chi connectivity index (χ0v) is 22.7. The van der Waals surface area contributed by atoms with E-state index in [0.717, 1.165) is 28.8 Å². The third kappa shape index (κ3) is 6.83. The summed E-state index contributed by atoms with van der Waals surface area (Å²) in [5.74, 6) is -0.0478. The number of rotatable bonds is 8. The molecule has 1 fully saturated rings. The molecule has 0 spiro atoms. The Kier molecular flexibility index (Phi) is 8.20. The van der Waals surface area contributed by atoms with Crippen molar-refractivity contribution in [2.24, 2.45) is 4.99 Å². The summed E-state index contributed by atoms with van der Waals surface area (Å²) in [7, 11) is 0. The van der Waals surface area contributed by atoms with Crippen molar-refractivity contribution in [1.29, 1.82) is 0 Å². The highest BCUT2D eigenvalue weighted by Crippen LogP contribution is 2.30. The van der Waals surface area contributed by atoms with Crippen LogP contribution in [0.1, 0.15) is 24.5 Å². The normalized spacial score (nSPS) is 14.6. The number of amidine groups is 1. The summed E-state index contributed by atoms with van der Waals surface area (Å²) >= 11 is 1.26. The first-order valence-electron chi connectivity index (χ1n) is 12.7. The lowest BCUT2D eigenvalue weighted by molar-refractivity contribution is -0.274. The first-order valence-corrected chi connectivity index (χ1v) is 13.7. The van der Waals surface area contributed by atoms with Crippen molar-refractivity contribution >= 4 is 34.4 Å². The number of aryl methyl sites for hydroxylation is 2. The number of ether oxygens (including phenoxy) is 1. The topological polar surface area (TPSA) is 89.7 Å². The van der Waals surface area contributed by atoms with Crippen molar-refractivity contribution in [3.63, 3.8) is 0 Å². The quantitative estimate of drug-likeness (QED) is 0.255. The largest absolute Gasteiger partial charge is 0.573 e. The van der Waals surface area contributed by atoms with Gasteiger partial charge in [-0.1, -0.05) is 61.2 Å². The van der Waals surface area contributed by atoms with E-state index in [1.165, 1.54) is 51.9 Å². The number of carbonyl (C=O) groups excluding carboxylic acids is 2. The lowest BCUT2D eigenvalue weighted by atomic mass is 10.1. The highest BCUT2D eigenvalue weighted by molar-refractivity contribution is 8.15. The molecule has 210 valence electrons. The molecule has 0 bridgehead atoms. The van der Waals surface area contributed by atoms with Crippen LogP contribution in [0, 0.1) is 0 Å². The van der Waals surface area contributed by atoms with Crippen LogP contribution in [0.15, 0.2) is 84.1 Å². The van der Waals surface area contributed by atoms with Gasteiger partial charge >= 0.3 is 6.36 Å². The standard InChI is InChI=1S/C29H24F3N5O3S/c1-2-20-5-3-4-6-24(20)37-26(39)17-41-28(37)34-25(38)16-9-19-7-10-21(11-8-19)27-33-18-36(35-27)22-12-14-23(15-13-22)40-29(30,31)32/h3-8,10-15,18H,2,9,16-17H2,1H3. The zero-order chi connectivity index (χ0) is 29.0. The molecule has 1 aliphatic rings. The van der Waals surface area contributed by atoms with Crippen LogP contribution in [-0.2, 0) is 22.4 Å². The Labute approximate surface area is 237 Å². The van der Waals surface area contributed by atoms with Gasteiger partial charge in [-0.3, -0.25) is 14.5 Å². The summed E-state index contributed by atoms with van der Waals surface area (Å²) in [6.45, 7) is 2.01. The van der Waals surface area contributed by atoms with Crippen molar-refractivity contribution in [2.45, 2.75) is 32.5 Å². The Bertz CT molecular complexity index is 1580. The number of benzene rings is 3. The molecule has 1 aromatic heterocycles. The van der Waals surface area contributed by atoms with E-state index in [2.05, 4.69) is 19.8 Å². The van der Waals surface area contributed by atoms with Gasteiger partial charge in [0.2, 0.25) is 11.8 Å². The van der Waals surface area contributed by atoms with Gasteiger partial charge in [-0.05, 0) is 54.3 Å². The summed E-state index contributed by atoms with van der Waals surface area (Å²) in [5.41, 5.74) is 3.95.